The van der Waals surface area contributed by atoms with E-state index < -0.39 is 0 Å². The molecule has 8 aromatic carbocycles. The summed E-state index contributed by atoms with van der Waals surface area (Å²) in [5.41, 5.74) is 12.6. The van der Waals surface area contributed by atoms with Crippen LogP contribution in [0.25, 0.3) is 82.6 Å². The molecule has 0 unspecified atom stereocenters. The molecule has 0 atom stereocenters. The van der Waals surface area contributed by atoms with E-state index in [-0.39, 0.29) is 0 Å². The lowest BCUT2D eigenvalue weighted by molar-refractivity contribution is 0.668. The summed E-state index contributed by atoms with van der Waals surface area (Å²) in [4.78, 5) is 11.0. The van der Waals surface area contributed by atoms with Crippen LogP contribution in [0, 0.1) is 0 Å². The second kappa shape index (κ2) is 12.7. The van der Waals surface area contributed by atoms with Crippen LogP contribution in [0.15, 0.2) is 201 Å². The number of furan rings is 2. The van der Waals surface area contributed by atoms with E-state index in [0.29, 0.717) is 12.3 Å². The zero-order chi connectivity index (χ0) is 36.3. The fraction of sp³-hybridized carbons (Fsp3) is 0.0196. The first-order valence-electron chi connectivity index (χ1n) is 18.6. The first kappa shape index (κ1) is 31.2. The van der Waals surface area contributed by atoms with Crippen LogP contribution in [0.5, 0.6) is 0 Å². The molecule has 258 valence electrons. The fourth-order valence-electron chi connectivity index (χ4n) is 8.06. The normalized spacial score (nSPS) is 13.3. The van der Waals surface area contributed by atoms with Gasteiger partial charge in [-0.25, -0.2) is 9.98 Å². The minimum atomic E-state index is 0.596. The van der Waals surface area contributed by atoms with E-state index in [0.717, 1.165) is 88.7 Å². The molecule has 2 aromatic heterocycles. The van der Waals surface area contributed by atoms with Crippen molar-refractivity contribution in [1.29, 1.82) is 0 Å². The van der Waals surface area contributed by atoms with Crippen molar-refractivity contribution in [2.75, 3.05) is 0 Å². The Bertz CT molecular complexity index is 3220. The van der Waals surface area contributed by atoms with Crippen molar-refractivity contribution >= 4 is 71.9 Å². The van der Waals surface area contributed by atoms with E-state index in [1.807, 2.05) is 42.5 Å². The molecule has 4 nitrogen and oxygen atoms in total. The van der Waals surface area contributed by atoms with Crippen LogP contribution in [-0.4, -0.2) is 11.5 Å². The van der Waals surface area contributed by atoms with Crippen molar-refractivity contribution < 1.29 is 8.83 Å². The summed E-state index contributed by atoms with van der Waals surface area (Å²) in [6.45, 7) is 0. The number of amidine groups is 1. The molecule has 0 N–H and O–H groups in total. The lowest BCUT2D eigenvalue weighted by Crippen LogP contribution is -2.06. The van der Waals surface area contributed by atoms with Crippen molar-refractivity contribution in [2.45, 2.75) is 6.42 Å². The van der Waals surface area contributed by atoms with E-state index >= 15 is 0 Å². The van der Waals surface area contributed by atoms with Gasteiger partial charge in [-0.15, -0.1) is 0 Å². The first-order valence-corrected chi connectivity index (χ1v) is 18.6. The van der Waals surface area contributed by atoms with Crippen LogP contribution in [0.4, 0.5) is 0 Å². The molecule has 0 radical (unpaired) electrons. The van der Waals surface area contributed by atoms with Crippen molar-refractivity contribution in [3.05, 3.63) is 199 Å². The van der Waals surface area contributed by atoms with Crippen molar-refractivity contribution in [3.63, 3.8) is 0 Å². The lowest BCUT2D eigenvalue weighted by atomic mass is 9.96. The molecule has 1 aliphatic rings. The van der Waals surface area contributed by atoms with Crippen molar-refractivity contribution in [3.8, 4) is 22.3 Å². The van der Waals surface area contributed by atoms with Crippen LogP contribution in [0.2, 0.25) is 0 Å². The largest absolute Gasteiger partial charge is 0.456 e. The molecule has 0 saturated carbocycles. The molecule has 55 heavy (non-hydrogen) atoms. The lowest BCUT2D eigenvalue weighted by Gasteiger charge is -2.11. The molecule has 0 saturated heterocycles. The molecule has 4 heteroatoms. The zero-order valence-electron chi connectivity index (χ0n) is 29.7. The molecule has 0 amide bonds. The second-order valence-corrected chi connectivity index (χ2v) is 14.1. The standard InChI is InChI=1S/C51H32N2O2/c1-2-11-32(12-3-1)34-21-24-35(25-22-34)43-27-28-44(39-17-10-20-47-49(39)40-15-6-8-18-45(40)54-47)53-51(52-43)42-30-38(37-26-23-33-13-4-5-14-36(33)29-37)31-48-50(42)41-16-7-9-19-46(41)55-48/h1-26,28-31H,27H2. The molecule has 0 aliphatic carbocycles. The second-order valence-electron chi connectivity index (χ2n) is 14.1. The fourth-order valence-corrected chi connectivity index (χ4v) is 8.06. The third kappa shape index (κ3) is 5.38. The number of para-hydroxylation sites is 2. The molecule has 10 aromatic rings. The highest BCUT2D eigenvalue weighted by Crippen LogP contribution is 2.40. The summed E-state index contributed by atoms with van der Waals surface area (Å²) in [6.07, 6.45) is 2.81. The summed E-state index contributed by atoms with van der Waals surface area (Å²) in [5, 5.41) is 6.52. The Labute approximate surface area is 317 Å². The number of fused-ring (bicyclic) bond motifs is 7. The summed E-state index contributed by atoms with van der Waals surface area (Å²) in [7, 11) is 0. The summed E-state index contributed by atoms with van der Waals surface area (Å²) in [6, 6.07) is 61.3. The van der Waals surface area contributed by atoms with Crippen LogP contribution in [-0.2, 0) is 0 Å². The maximum absolute atomic E-state index is 6.61. The van der Waals surface area contributed by atoms with Crippen molar-refractivity contribution in [1.82, 2.24) is 0 Å². The average Bonchev–Trinajstić information content (AvgIpc) is 3.74. The highest BCUT2D eigenvalue weighted by atomic mass is 16.3. The van der Waals surface area contributed by atoms with Crippen LogP contribution in [0.1, 0.15) is 23.1 Å². The SMILES string of the molecule is C1=C(c2cccc3oc4ccccc4c23)N=C(c2cc(-c3ccc4ccccc4c3)cc3oc4ccccc4c23)N=C(c2ccc(-c3ccccc3)cc2)C1. The van der Waals surface area contributed by atoms with E-state index in [4.69, 9.17) is 18.8 Å². The van der Waals surface area contributed by atoms with Gasteiger partial charge in [0.15, 0.2) is 5.84 Å². The van der Waals surface area contributed by atoms with Gasteiger partial charge in [-0.2, -0.15) is 0 Å². The summed E-state index contributed by atoms with van der Waals surface area (Å²) >= 11 is 0. The van der Waals surface area contributed by atoms with Gasteiger partial charge >= 0.3 is 0 Å². The van der Waals surface area contributed by atoms with Gasteiger partial charge in [-0.3, -0.25) is 0 Å². The minimum absolute atomic E-state index is 0.596. The molecule has 3 heterocycles. The Morgan fingerprint density at radius 2 is 1.00 bits per heavy atom. The summed E-state index contributed by atoms with van der Waals surface area (Å²) < 4.78 is 12.9. The van der Waals surface area contributed by atoms with E-state index in [1.54, 1.807) is 0 Å². The Morgan fingerprint density at radius 3 is 1.80 bits per heavy atom. The van der Waals surface area contributed by atoms with Gasteiger partial charge in [0.05, 0.1) is 11.4 Å². The van der Waals surface area contributed by atoms with Gasteiger partial charge in [-0.05, 0) is 75.0 Å². The summed E-state index contributed by atoms with van der Waals surface area (Å²) in [5.74, 6) is 0.634. The number of aliphatic imine (C=N–C) groups is 2. The average molecular weight is 705 g/mol. The molecule has 1 aliphatic heterocycles. The monoisotopic (exact) mass is 704 g/mol. The van der Waals surface area contributed by atoms with E-state index in [2.05, 4.69) is 140 Å². The van der Waals surface area contributed by atoms with Gasteiger partial charge < -0.3 is 8.83 Å². The maximum atomic E-state index is 6.61. The third-order valence-electron chi connectivity index (χ3n) is 10.8. The highest BCUT2D eigenvalue weighted by molar-refractivity contribution is 6.24. The van der Waals surface area contributed by atoms with E-state index in [9.17, 15) is 0 Å². The maximum Gasteiger partial charge on any atom is 0.160 e. The Kier molecular flexibility index (Phi) is 7.20. The molecule has 0 spiro atoms. The topological polar surface area (TPSA) is 51.0 Å². The number of rotatable bonds is 5. The van der Waals surface area contributed by atoms with Gasteiger partial charge in [0.25, 0.3) is 0 Å². The predicted octanol–water partition coefficient (Wildman–Crippen LogP) is 13.7. The van der Waals surface area contributed by atoms with Crippen LogP contribution >= 0.6 is 0 Å². The quantitative estimate of drug-likeness (QED) is 0.179. The van der Waals surface area contributed by atoms with Gasteiger partial charge in [-0.1, -0.05) is 146 Å². The first-order chi connectivity index (χ1) is 27.2. The number of benzene rings is 8. The van der Waals surface area contributed by atoms with Crippen LogP contribution < -0.4 is 0 Å². The third-order valence-corrected chi connectivity index (χ3v) is 10.8. The molecule has 0 fully saturated rings. The van der Waals surface area contributed by atoms with Crippen LogP contribution in [0.3, 0.4) is 0 Å². The van der Waals surface area contributed by atoms with E-state index in [1.165, 1.54) is 16.3 Å². The molecule has 11 rings (SSSR count). The number of allylic oxidation sites excluding steroid dienone is 1. The Hall–Kier alpha value is -7.30. The molecular weight excluding hydrogens is 673 g/mol. The Morgan fingerprint density at radius 1 is 0.382 bits per heavy atom. The smallest absolute Gasteiger partial charge is 0.160 e. The van der Waals surface area contributed by atoms with Gasteiger partial charge in [0, 0.05) is 39.1 Å². The highest BCUT2D eigenvalue weighted by Gasteiger charge is 2.22. The minimum Gasteiger partial charge on any atom is -0.456 e. The number of hydrogen-bond donors (Lipinski definition) is 0. The number of hydrogen-bond acceptors (Lipinski definition) is 4. The molecule has 0 bridgehead atoms. The number of nitrogens with zero attached hydrogens (tertiary/aromatic N) is 2. The Balaban J connectivity index is 1.16. The molecular formula is C51H32N2O2. The van der Waals surface area contributed by atoms with Crippen molar-refractivity contribution in [2.24, 2.45) is 9.98 Å². The predicted molar refractivity (Wildman–Crippen MR) is 228 cm³/mol. The van der Waals surface area contributed by atoms with Gasteiger partial charge in [0.1, 0.15) is 22.3 Å². The van der Waals surface area contributed by atoms with Gasteiger partial charge in [0.2, 0.25) is 0 Å². The zero-order valence-corrected chi connectivity index (χ0v) is 29.7.